The van der Waals surface area contributed by atoms with Crippen molar-refractivity contribution in [2.45, 2.75) is 94.0 Å². The van der Waals surface area contributed by atoms with Crippen LogP contribution in [0.5, 0.6) is 0 Å². The predicted molar refractivity (Wildman–Crippen MR) is 117 cm³/mol. The van der Waals surface area contributed by atoms with Crippen LogP contribution in [-0.2, 0) is 27.7 Å². The lowest BCUT2D eigenvalue weighted by molar-refractivity contribution is -0.140. The van der Waals surface area contributed by atoms with E-state index in [0.29, 0.717) is 48.8 Å². The van der Waals surface area contributed by atoms with Gasteiger partial charge in [-0.1, -0.05) is 25.3 Å². The van der Waals surface area contributed by atoms with Crippen molar-refractivity contribution in [3.63, 3.8) is 0 Å². The second kappa shape index (κ2) is 8.27. The molecule has 0 unspecified atom stereocenters. The topological polar surface area (TPSA) is 57.7 Å². The van der Waals surface area contributed by atoms with E-state index in [9.17, 15) is 13.2 Å². The average Bonchev–Trinajstić information content (AvgIpc) is 3.49. The number of hydrogen-bond donors (Lipinski definition) is 0. The highest BCUT2D eigenvalue weighted by molar-refractivity contribution is 7.89. The van der Waals surface area contributed by atoms with E-state index in [-0.39, 0.29) is 5.92 Å². The summed E-state index contributed by atoms with van der Waals surface area (Å²) in [6, 6.07) is 6.52. The summed E-state index contributed by atoms with van der Waals surface area (Å²) in [7, 11) is -3.47. The first-order valence-electron chi connectivity index (χ1n) is 12.0. The molecule has 30 heavy (non-hydrogen) atoms. The fraction of sp³-hybridized carbons (Fsp3) is 0.708. The van der Waals surface area contributed by atoms with Gasteiger partial charge in [0.15, 0.2) is 0 Å². The number of aryl methyl sites for hydroxylation is 2. The van der Waals surface area contributed by atoms with Crippen molar-refractivity contribution >= 4 is 15.9 Å². The van der Waals surface area contributed by atoms with Crippen LogP contribution in [0.2, 0.25) is 0 Å². The molecule has 1 aromatic rings. The molecule has 2 saturated carbocycles. The largest absolute Gasteiger partial charge is 0.336 e. The molecule has 0 N–H and O–H groups in total. The van der Waals surface area contributed by atoms with Crippen molar-refractivity contribution in [2.24, 2.45) is 5.92 Å². The van der Waals surface area contributed by atoms with Crippen molar-refractivity contribution in [3.8, 4) is 0 Å². The number of piperidine rings is 1. The zero-order valence-corrected chi connectivity index (χ0v) is 18.7. The molecule has 1 amide bonds. The van der Waals surface area contributed by atoms with E-state index in [2.05, 4.69) is 4.90 Å². The van der Waals surface area contributed by atoms with Gasteiger partial charge in [0.25, 0.3) is 0 Å². The molecule has 5 nitrogen and oxygen atoms in total. The lowest BCUT2D eigenvalue weighted by Gasteiger charge is -2.39. The van der Waals surface area contributed by atoms with Crippen LogP contribution < -0.4 is 0 Å². The van der Waals surface area contributed by atoms with E-state index in [1.165, 1.54) is 30.4 Å². The summed E-state index contributed by atoms with van der Waals surface area (Å²) < 4.78 is 28.0. The summed E-state index contributed by atoms with van der Waals surface area (Å²) in [4.78, 5) is 16.0. The number of carbonyl (C=O) groups excluding carboxylic acids is 1. The maximum Gasteiger partial charge on any atom is 0.243 e. The molecular weight excluding hydrogens is 396 g/mol. The third-order valence-corrected chi connectivity index (χ3v) is 9.57. The molecule has 3 aliphatic carbocycles. The minimum absolute atomic E-state index is 0.0148. The lowest BCUT2D eigenvalue weighted by Crippen LogP contribution is -2.49. The van der Waals surface area contributed by atoms with Gasteiger partial charge in [-0.05, 0) is 81.0 Å². The Balaban J connectivity index is 1.25. The third-order valence-electron chi connectivity index (χ3n) is 7.67. The van der Waals surface area contributed by atoms with E-state index in [0.717, 1.165) is 44.9 Å². The molecule has 1 aromatic carbocycles. The van der Waals surface area contributed by atoms with E-state index in [1.54, 1.807) is 10.4 Å². The van der Waals surface area contributed by atoms with E-state index in [1.807, 2.05) is 12.1 Å². The maximum atomic E-state index is 13.4. The van der Waals surface area contributed by atoms with Crippen LogP contribution in [0.4, 0.5) is 0 Å². The second-order valence-corrected chi connectivity index (χ2v) is 11.7. The molecule has 0 bridgehead atoms. The van der Waals surface area contributed by atoms with Crippen molar-refractivity contribution < 1.29 is 13.2 Å². The summed E-state index contributed by atoms with van der Waals surface area (Å²) >= 11 is 0. The number of rotatable bonds is 5. The molecule has 1 aliphatic heterocycles. The van der Waals surface area contributed by atoms with Gasteiger partial charge in [0.2, 0.25) is 15.9 Å². The molecule has 0 atom stereocenters. The smallest absolute Gasteiger partial charge is 0.243 e. The van der Waals surface area contributed by atoms with Gasteiger partial charge in [0.1, 0.15) is 0 Å². The van der Waals surface area contributed by atoms with Crippen molar-refractivity contribution in [2.75, 3.05) is 13.1 Å². The summed E-state index contributed by atoms with van der Waals surface area (Å²) in [5.74, 6) is 0.290. The Bertz CT molecular complexity index is 895. The van der Waals surface area contributed by atoms with Crippen molar-refractivity contribution in [1.82, 2.24) is 9.21 Å². The predicted octanol–water partition coefficient (Wildman–Crippen LogP) is 3.90. The first-order chi connectivity index (χ1) is 14.5. The first kappa shape index (κ1) is 20.5. The second-order valence-electron chi connectivity index (χ2n) is 9.73. The van der Waals surface area contributed by atoms with E-state index < -0.39 is 10.0 Å². The summed E-state index contributed by atoms with van der Waals surface area (Å²) in [5.41, 5.74) is 2.48. The summed E-state index contributed by atoms with van der Waals surface area (Å²) in [6.45, 7) is 0.915. The molecule has 1 saturated heterocycles. The SMILES string of the molecule is O=C(C1CCN(S(=O)(=O)c2ccc3c(c2)CCC3)CC1)N(C1CCCCC1)C1CC1. The van der Waals surface area contributed by atoms with Crippen LogP contribution >= 0.6 is 0 Å². The normalized spacial score (nSPS) is 24.0. The third kappa shape index (κ3) is 3.93. The minimum Gasteiger partial charge on any atom is -0.336 e. The Labute approximate surface area is 180 Å². The molecule has 0 aromatic heterocycles. The molecule has 5 rings (SSSR count). The Hall–Kier alpha value is -1.40. The van der Waals surface area contributed by atoms with Gasteiger partial charge in [0, 0.05) is 31.1 Å². The fourth-order valence-corrected chi connectivity index (χ4v) is 7.30. The summed E-state index contributed by atoms with van der Waals surface area (Å²) in [6.07, 6.45) is 12.8. The fourth-order valence-electron chi connectivity index (χ4n) is 5.78. The standard InChI is InChI=1S/C24H34N2O3S/c27-24(26(22-10-11-22)21-7-2-1-3-8-21)19-13-15-25(16-14-19)30(28,29)23-12-9-18-5-4-6-20(18)17-23/h9,12,17,19,21-22H,1-8,10-11,13-16H2. The first-order valence-corrected chi connectivity index (χ1v) is 13.4. The highest BCUT2D eigenvalue weighted by Crippen LogP contribution is 2.37. The van der Waals surface area contributed by atoms with Gasteiger partial charge in [-0.25, -0.2) is 8.42 Å². The molecule has 4 aliphatic rings. The lowest BCUT2D eigenvalue weighted by atomic mass is 9.91. The Morgan fingerprint density at radius 3 is 2.20 bits per heavy atom. The number of fused-ring (bicyclic) bond motifs is 1. The Morgan fingerprint density at radius 1 is 0.833 bits per heavy atom. The number of amides is 1. The molecule has 6 heteroatoms. The van der Waals surface area contributed by atoms with Crippen LogP contribution in [0.15, 0.2) is 23.1 Å². The number of hydrogen-bond acceptors (Lipinski definition) is 3. The molecule has 0 spiro atoms. The summed E-state index contributed by atoms with van der Waals surface area (Å²) in [5, 5.41) is 0. The molecule has 3 fully saturated rings. The monoisotopic (exact) mass is 430 g/mol. The van der Waals surface area contributed by atoms with Crippen LogP contribution in [0.1, 0.15) is 75.3 Å². The Kier molecular flexibility index (Phi) is 5.65. The van der Waals surface area contributed by atoms with E-state index in [4.69, 9.17) is 0 Å². The average molecular weight is 431 g/mol. The van der Waals surface area contributed by atoms with Crippen LogP contribution in [0, 0.1) is 5.92 Å². The van der Waals surface area contributed by atoms with Gasteiger partial charge < -0.3 is 4.90 Å². The zero-order valence-electron chi connectivity index (χ0n) is 17.9. The van der Waals surface area contributed by atoms with Crippen LogP contribution in [0.25, 0.3) is 0 Å². The van der Waals surface area contributed by atoms with Crippen LogP contribution in [0.3, 0.4) is 0 Å². The Morgan fingerprint density at radius 2 is 1.50 bits per heavy atom. The number of carbonyl (C=O) groups is 1. The van der Waals surface area contributed by atoms with Gasteiger partial charge in [0.05, 0.1) is 4.90 Å². The zero-order chi connectivity index (χ0) is 20.7. The molecule has 1 heterocycles. The molecule has 164 valence electrons. The molecule has 0 radical (unpaired) electrons. The van der Waals surface area contributed by atoms with Gasteiger partial charge >= 0.3 is 0 Å². The maximum absolute atomic E-state index is 13.4. The quantitative estimate of drug-likeness (QED) is 0.712. The highest BCUT2D eigenvalue weighted by atomic mass is 32.2. The van der Waals surface area contributed by atoms with E-state index >= 15 is 0 Å². The van der Waals surface area contributed by atoms with Crippen molar-refractivity contribution in [1.29, 1.82) is 0 Å². The number of nitrogens with zero attached hydrogens (tertiary/aromatic N) is 2. The van der Waals surface area contributed by atoms with Gasteiger partial charge in [-0.2, -0.15) is 4.31 Å². The number of benzene rings is 1. The van der Waals surface area contributed by atoms with Gasteiger partial charge in [-0.15, -0.1) is 0 Å². The highest BCUT2D eigenvalue weighted by Gasteiger charge is 2.41. The van der Waals surface area contributed by atoms with Crippen LogP contribution in [-0.4, -0.2) is 48.7 Å². The minimum atomic E-state index is -3.47. The van der Waals surface area contributed by atoms with Gasteiger partial charge in [-0.3, -0.25) is 4.79 Å². The van der Waals surface area contributed by atoms with Crippen molar-refractivity contribution in [3.05, 3.63) is 29.3 Å². The molecular formula is C24H34N2O3S. The number of sulfonamides is 1.